The zero-order valence-corrected chi connectivity index (χ0v) is 12.3. The fourth-order valence-electron chi connectivity index (χ4n) is 1.92. The quantitative estimate of drug-likeness (QED) is 0.591. The van der Waals surface area contributed by atoms with Crippen LogP contribution < -0.4 is 0 Å². The minimum Gasteiger partial charge on any atom is -0.453 e. The van der Waals surface area contributed by atoms with Crippen molar-refractivity contribution in [2.75, 3.05) is 0 Å². The maximum atomic E-state index is 13.2. The van der Waals surface area contributed by atoms with E-state index in [2.05, 4.69) is 15.9 Å². The van der Waals surface area contributed by atoms with Crippen molar-refractivity contribution in [3.63, 3.8) is 0 Å². The lowest BCUT2D eigenvalue weighted by Crippen LogP contribution is -1.99. The molecule has 0 aliphatic carbocycles. The molecule has 0 aliphatic rings. The summed E-state index contributed by atoms with van der Waals surface area (Å²) in [5, 5.41) is 1.20. The minimum absolute atomic E-state index is 0.173. The van der Waals surface area contributed by atoms with Crippen LogP contribution in [0.25, 0.3) is 11.0 Å². The number of benzene rings is 2. The Morgan fingerprint density at radius 2 is 2.00 bits per heavy atom. The number of rotatable bonds is 2. The molecule has 0 fully saturated rings. The standard InChI is InChI=1S/C15H7BrClFO2/c16-10-6-8(4-5-12(10)18)15(19)14-7-9-11(17)2-1-3-13(9)20-14/h1-7H. The summed E-state index contributed by atoms with van der Waals surface area (Å²) in [6.45, 7) is 0. The maximum absolute atomic E-state index is 13.2. The van der Waals surface area contributed by atoms with Crippen LogP contribution >= 0.6 is 27.5 Å². The van der Waals surface area contributed by atoms with Gasteiger partial charge in [0.05, 0.1) is 9.50 Å². The van der Waals surface area contributed by atoms with E-state index < -0.39 is 5.82 Å². The highest BCUT2D eigenvalue weighted by Gasteiger charge is 2.16. The first-order chi connectivity index (χ1) is 9.56. The Hall–Kier alpha value is -1.65. The maximum Gasteiger partial charge on any atom is 0.228 e. The van der Waals surface area contributed by atoms with Crippen molar-refractivity contribution in [2.45, 2.75) is 0 Å². The van der Waals surface area contributed by atoms with Gasteiger partial charge in [0, 0.05) is 10.9 Å². The first-order valence-corrected chi connectivity index (χ1v) is 6.91. The molecule has 100 valence electrons. The molecule has 0 saturated carbocycles. The van der Waals surface area contributed by atoms with Crippen molar-refractivity contribution in [1.29, 1.82) is 0 Å². The van der Waals surface area contributed by atoms with Crippen LogP contribution in [-0.4, -0.2) is 5.78 Å². The first-order valence-electron chi connectivity index (χ1n) is 5.74. The Morgan fingerprint density at radius 3 is 2.70 bits per heavy atom. The molecular weight excluding hydrogens is 347 g/mol. The van der Waals surface area contributed by atoms with E-state index >= 15 is 0 Å². The van der Waals surface area contributed by atoms with E-state index in [1.54, 1.807) is 24.3 Å². The molecule has 3 rings (SSSR count). The van der Waals surface area contributed by atoms with Crippen LogP contribution in [0, 0.1) is 5.82 Å². The Morgan fingerprint density at radius 1 is 1.20 bits per heavy atom. The summed E-state index contributed by atoms with van der Waals surface area (Å²) in [7, 11) is 0. The van der Waals surface area contributed by atoms with Crippen LogP contribution in [0.3, 0.4) is 0 Å². The molecule has 0 saturated heterocycles. The van der Waals surface area contributed by atoms with Gasteiger partial charge in [-0.3, -0.25) is 4.79 Å². The van der Waals surface area contributed by atoms with Gasteiger partial charge in [-0.2, -0.15) is 0 Å². The third kappa shape index (κ3) is 2.25. The number of carbonyl (C=O) groups excluding carboxylic acids is 1. The van der Waals surface area contributed by atoms with E-state index in [0.717, 1.165) is 0 Å². The lowest BCUT2D eigenvalue weighted by Gasteiger charge is -1.99. The third-order valence-electron chi connectivity index (χ3n) is 2.91. The normalized spacial score (nSPS) is 10.9. The molecule has 0 unspecified atom stereocenters. The SMILES string of the molecule is O=C(c1ccc(F)c(Br)c1)c1cc2c(Cl)cccc2o1. The second-order valence-electron chi connectivity index (χ2n) is 4.22. The van der Waals surface area contributed by atoms with Crippen molar-refractivity contribution < 1.29 is 13.6 Å². The molecule has 0 aliphatic heterocycles. The van der Waals surface area contributed by atoms with E-state index in [9.17, 15) is 9.18 Å². The fraction of sp³-hybridized carbons (Fsp3) is 0. The van der Waals surface area contributed by atoms with E-state index in [1.165, 1.54) is 18.2 Å². The summed E-state index contributed by atoms with van der Waals surface area (Å²) in [6.07, 6.45) is 0. The van der Waals surface area contributed by atoms with Gasteiger partial charge in [-0.05, 0) is 52.3 Å². The van der Waals surface area contributed by atoms with E-state index in [-0.39, 0.29) is 16.0 Å². The Kier molecular flexibility index (Phi) is 3.36. The fourth-order valence-corrected chi connectivity index (χ4v) is 2.52. The molecule has 3 aromatic rings. The number of furan rings is 1. The summed E-state index contributed by atoms with van der Waals surface area (Å²) < 4.78 is 18.9. The minimum atomic E-state index is -0.422. The van der Waals surface area contributed by atoms with E-state index in [0.29, 0.717) is 21.6 Å². The molecule has 2 nitrogen and oxygen atoms in total. The number of hydrogen-bond donors (Lipinski definition) is 0. The average molecular weight is 354 g/mol. The van der Waals surface area contributed by atoms with Crippen LogP contribution in [0.1, 0.15) is 16.1 Å². The van der Waals surface area contributed by atoms with Crippen LogP contribution in [0.2, 0.25) is 5.02 Å². The van der Waals surface area contributed by atoms with Crippen LogP contribution in [-0.2, 0) is 0 Å². The zero-order valence-electron chi connectivity index (χ0n) is 9.99. The number of ketones is 1. The molecule has 0 bridgehead atoms. The largest absolute Gasteiger partial charge is 0.453 e. The molecule has 5 heteroatoms. The molecule has 0 radical (unpaired) electrons. The highest BCUT2D eigenvalue weighted by Crippen LogP contribution is 2.28. The molecule has 0 atom stereocenters. The summed E-state index contributed by atoms with van der Waals surface area (Å²) in [5.41, 5.74) is 0.885. The Bertz CT molecular complexity index is 826. The highest BCUT2D eigenvalue weighted by atomic mass is 79.9. The van der Waals surface area contributed by atoms with Gasteiger partial charge < -0.3 is 4.42 Å². The van der Waals surface area contributed by atoms with Crippen molar-refractivity contribution in [3.8, 4) is 0 Å². The van der Waals surface area contributed by atoms with Gasteiger partial charge in [-0.25, -0.2) is 4.39 Å². The second kappa shape index (κ2) is 5.04. The lowest BCUT2D eigenvalue weighted by molar-refractivity contribution is 0.101. The molecule has 2 aromatic carbocycles. The summed E-state index contributed by atoms with van der Waals surface area (Å²) in [5.74, 6) is -0.571. The summed E-state index contributed by atoms with van der Waals surface area (Å²) >= 11 is 9.09. The predicted molar refractivity (Wildman–Crippen MR) is 78.8 cm³/mol. The number of carbonyl (C=O) groups is 1. The van der Waals surface area contributed by atoms with Crippen molar-refractivity contribution in [1.82, 2.24) is 0 Å². The van der Waals surface area contributed by atoms with E-state index in [4.69, 9.17) is 16.0 Å². The molecule has 0 N–H and O–H groups in total. The molecule has 20 heavy (non-hydrogen) atoms. The Labute approximate surface area is 127 Å². The summed E-state index contributed by atoms with van der Waals surface area (Å²) in [4.78, 5) is 12.3. The van der Waals surface area contributed by atoms with Gasteiger partial charge in [0.2, 0.25) is 5.78 Å². The number of fused-ring (bicyclic) bond motifs is 1. The van der Waals surface area contributed by atoms with Gasteiger partial charge in [-0.15, -0.1) is 0 Å². The predicted octanol–water partition coefficient (Wildman–Crippen LogP) is 5.22. The van der Waals surface area contributed by atoms with Crippen molar-refractivity contribution in [2.24, 2.45) is 0 Å². The Balaban J connectivity index is 2.08. The van der Waals surface area contributed by atoms with E-state index in [1.807, 2.05) is 0 Å². The molecule has 1 aromatic heterocycles. The highest BCUT2D eigenvalue weighted by molar-refractivity contribution is 9.10. The van der Waals surface area contributed by atoms with Crippen LogP contribution in [0.5, 0.6) is 0 Å². The van der Waals surface area contributed by atoms with Crippen LogP contribution in [0.15, 0.2) is 51.4 Å². The second-order valence-corrected chi connectivity index (χ2v) is 5.48. The monoisotopic (exact) mass is 352 g/mol. The first kappa shape index (κ1) is 13.3. The molecule has 0 spiro atoms. The smallest absolute Gasteiger partial charge is 0.228 e. The molecule has 0 amide bonds. The third-order valence-corrected chi connectivity index (χ3v) is 3.85. The lowest BCUT2D eigenvalue weighted by atomic mass is 10.1. The number of hydrogen-bond acceptors (Lipinski definition) is 2. The summed E-state index contributed by atoms with van der Waals surface area (Å²) in [6, 6.07) is 10.9. The molecular formula is C15H7BrClFO2. The van der Waals surface area contributed by atoms with Gasteiger partial charge in [-0.1, -0.05) is 17.7 Å². The average Bonchev–Trinajstić information content (AvgIpc) is 2.86. The van der Waals surface area contributed by atoms with Crippen LogP contribution in [0.4, 0.5) is 4.39 Å². The number of halogens is 3. The van der Waals surface area contributed by atoms with Gasteiger partial charge in [0.25, 0.3) is 0 Å². The van der Waals surface area contributed by atoms with Crippen molar-refractivity contribution >= 4 is 44.3 Å². The van der Waals surface area contributed by atoms with Gasteiger partial charge in [0.15, 0.2) is 5.76 Å². The van der Waals surface area contributed by atoms with Crippen molar-refractivity contribution in [3.05, 3.63) is 69.1 Å². The zero-order chi connectivity index (χ0) is 14.3. The van der Waals surface area contributed by atoms with Gasteiger partial charge >= 0.3 is 0 Å². The topological polar surface area (TPSA) is 30.2 Å². The molecule has 1 heterocycles. The van der Waals surface area contributed by atoms with Gasteiger partial charge in [0.1, 0.15) is 11.4 Å².